The average Bonchev–Trinajstić information content (AvgIpc) is 2.83. The zero-order valence-corrected chi connectivity index (χ0v) is 12.0. The maximum absolute atomic E-state index is 11.4. The van der Waals surface area contributed by atoms with Gasteiger partial charge < -0.3 is 4.74 Å². The fourth-order valence-corrected chi connectivity index (χ4v) is 3.98. The molecule has 7 heteroatoms. The first-order chi connectivity index (χ1) is 7.63. The highest BCUT2D eigenvalue weighted by Crippen LogP contribution is 2.37. The summed E-state index contributed by atoms with van der Waals surface area (Å²) in [5.41, 5.74) is 0.937. The molecule has 2 rings (SSSR count). The Morgan fingerprint density at radius 2 is 2.31 bits per heavy atom. The number of ether oxygens (including phenoxy) is 1. The largest absolute Gasteiger partial charge is 0.465 e. The Morgan fingerprint density at radius 1 is 1.56 bits per heavy atom. The number of methoxy groups -OCH3 is 1. The van der Waals surface area contributed by atoms with Gasteiger partial charge in [-0.25, -0.2) is 9.78 Å². The standard InChI is InChI=1S/C9H5BrClNO2S2/c1-14-9(13)6-7(11)12-8(16-6)4-2-15-3-5(4)10/h2-3H,1H3. The Morgan fingerprint density at radius 3 is 2.88 bits per heavy atom. The molecule has 0 unspecified atom stereocenters. The van der Waals surface area contributed by atoms with Crippen molar-refractivity contribution in [3.05, 3.63) is 25.3 Å². The van der Waals surface area contributed by atoms with E-state index in [1.54, 1.807) is 11.3 Å². The normalized spacial score (nSPS) is 10.4. The molecule has 84 valence electrons. The van der Waals surface area contributed by atoms with Crippen LogP contribution in [0.1, 0.15) is 9.67 Å². The van der Waals surface area contributed by atoms with E-state index in [9.17, 15) is 4.79 Å². The van der Waals surface area contributed by atoms with E-state index in [-0.39, 0.29) is 5.15 Å². The Kier molecular flexibility index (Phi) is 3.63. The molecule has 0 spiro atoms. The van der Waals surface area contributed by atoms with Gasteiger partial charge in [0.05, 0.1) is 7.11 Å². The Labute approximate surface area is 113 Å². The van der Waals surface area contributed by atoms with Crippen LogP contribution in [0.4, 0.5) is 0 Å². The topological polar surface area (TPSA) is 39.2 Å². The molecule has 0 aromatic carbocycles. The average molecular weight is 339 g/mol. The summed E-state index contributed by atoms with van der Waals surface area (Å²) in [4.78, 5) is 15.8. The van der Waals surface area contributed by atoms with Crippen LogP contribution in [-0.4, -0.2) is 18.1 Å². The lowest BCUT2D eigenvalue weighted by Crippen LogP contribution is -1.98. The van der Waals surface area contributed by atoms with Crippen LogP contribution in [-0.2, 0) is 4.74 Å². The first kappa shape index (κ1) is 12.0. The number of carbonyl (C=O) groups is 1. The summed E-state index contributed by atoms with van der Waals surface area (Å²) in [6.07, 6.45) is 0. The maximum Gasteiger partial charge on any atom is 0.351 e. The highest BCUT2D eigenvalue weighted by Gasteiger charge is 2.19. The number of halogens is 2. The number of hydrogen-bond acceptors (Lipinski definition) is 5. The molecule has 0 atom stereocenters. The summed E-state index contributed by atoms with van der Waals surface area (Å²) in [5.74, 6) is -0.458. The van der Waals surface area contributed by atoms with Crippen LogP contribution >= 0.6 is 50.2 Å². The number of nitrogens with zero attached hydrogens (tertiary/aromatic N) is 1. The van der Waals surface area contributed by atoms with E-state index in [0.29, 0.717) is 9.88 Å². The molecule has 0 saturated carbocycles. The highest BCUT2D eigenvalue weighted by molar-refractivity contribution is 9.10. The van der Waals surface area contributed by atoms with Gasteiger partial charge in [-0.1, -0.05) is 11.6 Å². The third kappa shape index (κ3) is 2.15. The third-order valence-electron chi connectivity index (χ3n) is 1.80. The van der Waals surface area contributed by atoms with Gasteiger partial charge in [-0.3, -0.25) is 0 Å². The second kappa shape index (κ2) is 4.83. The smallest absolute Gasteiger partial charge is 0.351 e. The lowest BCUT2D eigenvalue weighted by Gasteiger charge is -1.92. The molecule has 2 aromatic heterocycles. The number of esters is 1. The third-order valence-corrected chi connectivity index (χ3v) is 4.96. The van der Waals surface area contributed by atoms with Crippen molar-refractivity contribution in [2.45, 2.75) is 0 Å². The minimum atomic E-state index is -0.458. The minimum absolute atomic E-state index is 0.185. The van der Waals surface area contributed by atoms with Gasteiger partial charge >= 0.3 is 5.97 Å². The van der Waals surface area contributed by atoms with Crippen LogP contribution in [0.25, 0.3) is 10.6 Å². The summed E-state index contributed by atoms with van der Waals surface area (Å²) in [6.45, 7) is 0. The lowest BCUT2D eigenvalue weighted by atomic mass is 10.4. The van der Waals surface area contributed by atoms with E-state index in [0.717, 1.165) is 10.0 Å². The number of aromatic nitrogens is 1. The van der Waals surface area contributed by atoms with Gasteiger partial charge in [-0.15, -0.1) is 11.3 Å². The van der Waals surface area contributed by atoms with Crippen molar-refractivity contribution in [1.29, 1.82) is 0 Å². The molecule has 0 bridgehead atoms. The molecule has 0 radical (unpaired) electrons. The SMILES string of the molecule is COC(=O)c1sc(-c2cscc2Br)nc1Cl. The predicted molar refractivity (Wildman–Crippen MR) is 69.5 cm³/mol. The summed E-state index contributed by atoms with van der Waals surface area (Å²) in [7, 11) is 1.32. The van der Waals surface area contributed by atoms with Crippen LogP contribution in [0, 0.1) is 0 Å². The molecule has 0 aliphatic rings. The van der Waals surface area contributed by atoms with Crippen molar-refractivity contribution < 1.29 is 9.53 Å². The molecule has 3 nitrogen and oxygen atoms in total. The van der Waals surface area contributed by atoms with Crippen molar-refractivity contribution in [3.8, 4) is 10.6 Å². The molecular weight excluding hydrogens is 334 g/mol. The molecule has 16 heavy (non-hydrogen) atoms. The van der Waals surface area contributed by atoms with E-state index in [4.69, 9.17) is 11.6 Å². The van der Waals surface area contributed by atoms with E-state index in [1.165, 1.54) is 18.4 Å². The van der Waals surface area contributed by atoms with E-state index in [1.807, 2.05) is 10.8 Å². The molecule has 0 amide bonds. The fourth-order valence-electron chi connectivity index (χ4n) is 1.07. The van der Waals surface area contributed by atoms with Crippen LogP contribution in [0.3, 0.4) is 0 Å². The van der Waals surface area contributed by atoms with Crippen molar-refractivity contribution in [2.75, 3.05) is 7.11 Å². The first-order valence-electron chi connectivity index (χ1n) is 4.10. The second-order valence-corrected chi connectivity index (χ2v) is 5.72. The molecule has 0 aliphatic heterocycles. The fraction of sp³-hybridized carbons (Fsp3) is 0.111. The van der Waals surface area contributed by atoms with Gasteiger partial charge in [0.1, 0.15) is 5.01 Å². The van der Waals surface area contributed by atoms with Gasteiger partial charge in [0, 0.05) is 20.8 Å². The van der Waals surface area contributed by atoms with Crippen molar-refractivity contribution in [1.82, 2.24) is 4.98 Å². The summed E-state index contributed by atoms with van der Waals surface area (Å²) in [5, 5.41) is 4.78. The van der Waals surface area contributed by atoms with Gasteiger partial charge in [-0.05, 0) is 15.9 Å². The molecule has 0 aliphatic carbocycles. The number of thiazole rings is 1. The number of hydrogen-bond donors (Lipinski definition) is 0. The monoisotopic (exact) mass is 337 g/mol. The summed E-state index contributed by atoms with van der Waals surface area (Å²) >= 11 is 12.1. The van der Waals surface area contributed by atoms with Crippen molar-refractivity contribution in [2.24, 2.45) is 0 Å². The Hall–Kier alpha value is -0.430. The van der Waals surface area contributed by atoms with E-state index in [2.05, 4.69) is 25.7 Å². The highest BCUT2D eigenvalue weighted by atomic mass is 79.9. The summed E-state index contributed by atoms with van der Waals surface area (Å²) < 4.78 is 5.56. The quantitative estimate of drug-likeness (QED) is 0.775. The maximum atomic E-state index is 11.4. The van der Waals surface area contributed by atoms with Crippen LogP contribution in [0.15, 0.2) is 15.2 Å². The second-order valence-electron chi connectivity index (χ2n) is 2.76. The summed E-state index contributed by atoms with van der Waals surface area (Å²) in [6, 6.07) is 0. The van der Waals surface area contributed by atoms with Crippen LogP contribution < -0.4 is 0 Å². The molecule has 2 aromatic rings. The Balaban J connectivity index is 2.46. The molecule has 2 heterocycles. The van der Waals surface area contributed by atoms with Gasteiger partial charge in [0.25, 0.3) is 0 Å². The number of carbonyl (C=O) groups excluding carboxylic acids is 1. The van der Waals surface area contributed by atoms with Gasteiger partial charge in [-0.2, -0.15) is 11.3 Å². The van der Waals surface area contributed by atoms with Gasteiger partial charge in [0.2, 0.25) is 0 Å². The molecular formula is C9H5BrClNO2S2. The minimum Gasteiger partial charge on any atom is -0.465 e. The zero-order valence-electron chi connectivity index (χ0n) is 7.99. The molecule has 0 fully saturated rings. The van der Waals surface area contributed by atoms with Gasteiger partial charge in [0.15, 0.2) is 10.0 Å². The number of rotatable bonds is 2. The van der Waals surface area contributed by atoms with Crippen LogP contribution in [0.2, 0.25) is 5.15 Å². The van der Waals surface area contributed by atoms with Crippen molar-refractivity contribution >= 4 is 56.2 Å². The zero-order chi connectivity index (χ0) is 11.7. The van der Waals surface area contributed by atoms with Crippen molar-refractivity contribution in [3.63, 3.8) is 0 Å². The van der Waals surface area contributed by atoms with Crippen LogP contribution in [0.5, 0.6) is 0 Å². The molecule has 0 saturated heterocycles. The first-order valence-corrected chi connectivity index (χ1v) is 7.03. The molecule has 0 N–H and O–H groups in total. The Bertz CT molecular complexity index is 537. The van der Waals surface area contributed by atoms with E-state index < -0.39 is 5.97 Å². The predicted octanol–water partition coefficient (Wildman–Crippen LogP) is 4.07. The van der Waals surface area contributed by atoms with E-state index >= 15 is 0 Å². The number of thiophene rings is 1. The lowest BCUT2D eigenvalue weighted by molar-refractivity contribution is 0.0606.